The van der Waals surface area contributed by atoms with Crippen LogP contribution in [-0.4, -0.2) is 30.1 Å². The van der Waals surface area contributed by atoms with Gasteiger partial charge in [0.1, 0.15) is 6.10 Å². The van der Waals surface area contributed by atoms with Crippen molar-refractivity contribution >= 4 is 5.97 Å². The first-order chi connectivity index (χ1) is 9.63. The molecule has 0 bridgehead atoms. The summed E-state index contributed by atoms with van der Waals surface area (Å²) in [7, 11) is 0. The van der Waals surface area contributed by atoms with Crippen LogP contribution in [-0.2, 0) is 19.0 Å². The Morgan fingerprint density at radius 3 is 2.43 bits per heavy atom. The zero-order valence-corrected chi connectivity index (χ0v) is 14.3. The first-order valence-corrected chi connectivity index (χ1v) is 8.18. The minimum Gasteiger partial charge on any atom is -0.460 e. The van der Waals surface area contributed by atoms with Gasteiger partial charge in [-0.3, -0.25) is 0 Å². The fraction of sp³-hybridized carbons (Fsp3) is 0.941. The summed E-state index contributed by atoms with van der Waals surface area (Å²) >= 11 is 0. The first-order valence-electron chi connectivity index (χ1n) is 8.18. The molecule has 1 aliphatic heterocycles. The summed E-state index contributed by atoms with van der Waals surface area (Å²) in [6.07, 6.45) is 3.32. The Labute approximate surface area is 128 Å². The maximum atomic E-state index is 12.6. The molecule has 0 aromatic heterocycles. The van der Waals surface area contributed by atoms with E-state index >= 15 is 0 Å². The molecule has 0 spiro atoms. The first kappa shape index (κ1) is 16.8. The molecule has 2 fully saturated rings. The van der Waals surface area contributed by atoms with Crippen molar-refractivity contribution in [2.45, 2.75) is 78.3 Å². The van der Waals surface area contributed by atoms with Crippen LogP contribution in [0.1, 0.15) is 60.8 Å². The molecule has 0 amide bonds. The predicted octanol–water partition coefficient (Wildman–Crippen LogP) is 3.53. The molecule has 4 atom stereocenters. The van der Waals surface area contributed by atoms with Gasteiger partial charge in [0, 0.05) is 0 Å². The molecular weight excluding hydrogens is 268 g/mol. The molecule has 1 saturated heterocycles. The Balaban J connectivity index is 2.03. The van der Waals surface area contributed by atoms with Crippen LogP contribution in [0.2, 0.25) is 0 Å². The lowest BCUT2D eigenvalue weighted by Crippen LogP contribution is -2.45. The number of ether oxygens (including phenoxy) is 3. The van der Waals surface area contributed by atoms with Crippen molar-refractivity contribution in [3.05, 3.63) is 0 Å². The smallest absolute Gasteiger partial charge is 0.340 e. The Hall–Kier alpha value is -0.610. The van der Waals surface area contributed by atoms with Gasteiger partial charge in [0.15, 0.2) is 11.4 Å². The Bertz CT molecular complexity index is 390. The lowest BCUT2D eigenvalue weighted by atomic mass is 9.75. The van der Waals surface area contributed by atoms with Gasteiger partial charge in [0.2, 0.25) is 0 Å². The van der Waals surface area contributed by atoms with Crippen LogP contribution in [0.5, 0.6) is 0 Å². The van der Waals surface area contributed by atoms with Crippen molar-refractivity contribution in [3.63, 3.8) is 0 Å². The number of carbonyl (C=O) groups excluding carboxylic acids is 1. The van der Waals surface area contributed by atoms with E-state index in [-0.39, 0.29) is 18.7 Å². The van der Waals surface area contributed by atoms with Gasteiger partial charge in [0.25, 0.3) is 0 Å². The summed E-state index contributed by atoms with van der Waals surface area (Å²) in [5.74, 6) is 0.593. The minimum atomic E-state index is -0.980. The van der Waals surface area contributed by atoms with Crippen LogP contribution in [0, 0.1) is 17.8 Å². The number of hydrogen-bond acceptors (Lipinski definition) is 4. The van der Waals surface area contributed by atoms with Crippen molar-refractivity contribution < 1.29 is 19.0 Å². The Morgan fingerprint density at radius 2 is 1.90 bits per heavy atom. The molecule has 1 saturated carbocycles. The van der Waals surface area contributed by atoms with Crippen LogP contribution in [0.4, 0.5) is 0 Å². The van der Waals surface area contributed by atoms with Gasteiger partial charge in [-0.1, -0.05) is 27.2 Å². The zero-order valence-electron chi connectivity index (χ0n) is 14.3. The van der Waals surface area contributed by atoms with E-state index in [4.69, 9.17) is 14.2 Å². The van der Waals surface area contributed by atoms with Crippen LogP contribution >= 0.6 is 0 Å². The van der Waals surface area contributed by atoms with E-state index in [9.17, 15) is 4.79 Å². The second-order valence-electron chi connectivity index (χ2n) is 7.79. The summed E-state index contributed by atoms with van der Waals surface area (Å²) in [4.78, 5) is 12.6. The van der Waals surface area contributed by atoms with Gasteiger partial charge < -0.3 is 14.2 Å². The largest absolute Gasteiger partial charge is 0.460 e. The molecule has 1 aliphatic carbocycles. The minimum absolute atomic E-state index is 0.00499. The molecule has 0 N–H and O–H groups in total. The SMILES string of the molecule is CC(C)[C@@H]1CC[C@@H](C)C[C@H]1OC(=O)C1(C)COC(C)(C)O1. The monoisotopic (exact) mass is 298 g/mol. The van der Waals surface area contributed by atoms with Crippen molar-refractivity contribution in [1.82, 2.24) is 0 Å². The number of esters is 1. The summed E-state index contributed by atoms with van der Waals surface area (Å²) in [5, 5.41) is 0. The van der Waals surface area contributed by atoms with Crippen molar-refractivity contribution in [2.75, 3.05) is 6.61 Å². The maximum Gasteiger partial charge on any atom is 0.340 e. The summed E-state index contributed by atoms with van der Waals surface area (Å²) in [6, 6.07) is 0. The fourth-order valence-electron chi connectivity index (χ4n) is 3.53. The van der Waals surface area contributed by atoms with E-state index in [0.717, 1.165) is 12.8 Å². The average Bonchev–Trinajstić information content (AvgIpc) is 2.64. The van der Waals surface area contributed by atoms with Crippen molar-refractivity contribution in [3.8, 4) is 0 Å². The molecule has 4 nitrogen and oxygen atoms in total. The zero-order chi connectivity index (χ0) is 15.8. The van der Waals surface area contributed by atoms with E-state index in [1.165, 1.54) is 6.42 Å². The molecule has 2 rings (SSSR count). The normalized spacial score (nSPS) is 39.5. The highest BCUT2D eigenvalue weighted by Gasteiger charge is 2.50. The molecule has 1 unspecified atom stereocenters. The molecule has 1 heterocycles. The van der Waals surface area contributed by atoms with Crippen LogP contribution in [0.25, 0.3) is 0 Å². The van der Waals surface area contributed by atoms with Gasteiger partial charge >= 0.3 is 5.97 Å². The fourth-order valence-corrected chi connectivity index (χ4v) is 3.53. The van der Waals surface area contributed by atoms with Gasteiger partial charge in [-0.25, -0.2) is 4.79 Å². The van der Waals surface area contributed by atoms with E-state index in [1.807, 2.05) is 13.8 Å². The molecule has 4 heteroatoms. The Morgan fingerprint density at radius 1 is 1.24 bits per heavy atom. The average molecular weight is 298 g/mol. The molecule has 2 aliphatic rings. The highest BCUT2D eigenvalue weighted by atomic mass is 16.8. The van der Waals surface area contributed by atoms with Crippen molar-refractivity contribution in [1.29, 1.82) is 0 Å². The lowest BCUT2D eigenvalue weighted by Gasteiger charge is -2.38. The quantitative estimate of drug-likeness (QED) is 0.748. The van der Waals surface area contributed by atoms with Gasteiger partial charge in [-0.2, -0.15) is 0 Å². The summed E-state index contributed by atoms with van der Waals surface area (Å²) in [5.41, 5.74) is -0.980. The second-order valence-corrected chi connectivity index (χ2v) is 7.79. The highest BCUT2D eigenvalue weighted by Crippen LogP contribution is 2.37. The van der Waals surface area contributed by atoms with E-state index in [2.05, 4.69) is 20.8 Å². The molecule has 0 aromatic rings. The van der Waals surface area contributed by atoms with E-state index in [0.29, 0.717) is 17.8 Å². The third-order valence-corrected chi connectivity index (χ3v) is 4.82. The predicted molar refractivity (Wildman–Crippen MR) is 80.7 cm³/mol. The lowest BCUT2D eigenvalue weighted by molar-refractivity contribution is -0.195. The van der Waals surface area contributed by atoms with Crippen LogP contribution in [0.15, 0.2) is 0 Å². The van der Waals surface area contributed by atoms with Crippen LogP contribution < -0.4 is 0 Å². The standard InChI is InChI=1S/C17H30O4/c1-11(2)13-8-7-12(3)9-14(13)20-15(18)17(6)10-19-16(4,5)21-17/h11-14H,7-10H2,1-6H3/t12-,13+,14-,17?/m1/s1. The number of rotatable bonds is 3. The maximum absolute atomic E-state index is 12.6. The molecule has 122 valence electrons. The van der Waals surface area contributed by atoms with E-state index in [1.54, 1.807) is 6.92 Å². The van der Waals surface area contributed by atoms with E-state index < -0.39 is 11.4 Å². The van der Waals surface area contributed by atoms with Crippen molar-refractivity contribution in [2.24, 2.45) is 17.8 Å². The summed E-state index contributed by atoms with van der Waals surface area (Å²) < 4.78 is 17.2. The number of carbonyl (C=O) groups is 1. The third-order valence-electron chi connectivity index (χ3n) is 4.82. The Kier molecular flexibility index (Phi) is 4.69. The molecule has 0 aromatic carbocycles. The number of hydrogen-bond donors (Lipinski definition) is 0. The third kappa shape index (κ3) is 3.78. The molecule has 21 heavy (non-hydrogen) atoms. The van der Waals surface area contributed by atoms with Crippen LogP contribution in [0.3, 0.4) is 0 Å². The summed E-state index contributed by atoms with van der Waals surface area (Å²) in [6.45, 7) is 12.3. The van der Waals surface area contributed by atoms with Gasteiger partial charge in [-0.15, -0.1) is 0 Å². The van der Waals surface area contributed by atoms with Gasteiger partial charge in [-0.05, 0) is 51.4 Å². The van der Waals surface area contributed by atoms with Gasteiger partial charge in [0.05, 0.1) is 6.61 Å². The molecular formula is C17H30O4. The molecule has 0 radical (unpaired) electrons. The second kappa shape index (κ2) is 5.88. The topological polar surface area (TPSA) is 44.8 Å². The highest BCUT2D eigenvalue weighted by molar-refractivity contribution is 5.79.